The van der Waals surface area contributed by atoms with Gasteiger partial charge in [0.25, 0.3) is 0 Å². The van der Waals surface area contributed by atoms with Crippen molar-refractivity contribution in [3.05, 3.63) is 24.3 Å². The average molecular weight is 431 g/mol. The second kappa shape index (κ2) is 8.95. The Bertz CT molecular complexity index is 839. The highest BCUT2D eigenvalue weighted by Crippen LogP contribution is 2.33. The van der Waals surface area contributed by atoms with Crippen LogP contribution in [0.1, 0.15) is 26.7 Å². The van der Waals surface area contributed by atoms with E-state index < -0.39 is 0 Å². The summed E-state index contributed by atoms with van der Waals surface area (Å²) in [7, 11) is 1.63. The number of anilines is 1. The lowest BCUT2D eigenvalue weighted by Crippen LogP contribution is -2.50. The molecule has 1 aromatic carbocycles. The van der Waals surface area contributed by atoms with Gasteiger partial charge in [0.05, 0.1) is 24.5 Å². The predicted molar refractivity (Wildman–Crippen MR) is 121 cm³/mol. The van der Waals surface area contributed by atoms with Crippen LogP contribution in [0.5, 0.6) is 5.75 Å². The fourth-order valence-electron chi connectivity index (χ4n) is 4.17. The molecule has 0 aromatic heterocycles. The molecule has 30 heavy (non-hydrogen) atoms. The highest BCUT2D eigenvalue weighted by molar-refractivity contribution is 8.14. The highest BCUT2D eigenvalue weighted by Gasteiger charge is 2.43. The van der Waals surface area contributed by atoms with E-state index in [1.54, 1.807) is 7.11 Å². The summed E-state index contributed by atoms with van der Waals surface area (Å²) in [5, 5.41) is 9.58. The van der Waals surface area contributed by atoms with Crippen molar-refractivity contribution < 1.29 is 9.53 Å². The molecule has 3 heterocycles. The molecule has 2 saturated heterocycles. The van der Waals surface area contributed by atoms with Gasteiger partial charge in [0, 0.05) is 25.2 Å². The maximum Gasteiger partial charge on any atom is 0.233 e. The van der Waals surface area contributed by atoms with E-state index in [4.69, 9.17) is 15.1 Å². The number of ether oxygens (including phenoxy) is 1. The number of nitrogens with zero attached hydrogens (tertiary/aromatic N) is 3. The summed E-state index contributed by atoms with van der Waals surface area (Å²) < 4.78 is 5.38. The van der Waals surface area contributed by atoms with E-state index in [-0.39, 0.29) is 24.0 Å². The lowest BCUT2D eigenvalue weighted by atomic mass is 9.97. The molecule has 1 amide bonds. The molecule has 162 valence electrons. The van der Waals surface area contributed by atoms with Crippen LogP contribution in [-0.4, -0.2) is 60.0 Å². The van der Waals surface area contributed by atoms with Gasteiger partial charge in [0.15, 0.2) is 5.17 Å². The van der Waals surface area contributed by atoms with Gasteiger partial charge in [-0.3, -0.25) is 20.5 Å². The lowest BCUT2D eigenvalue weighted by Gasteiger charge is -2.36. The number of hydrogen-bond donors (Lipinski definition) is 3. The SMILES string of the molecule is COc1cccc(N2C(=N)C3C(C)NNC3N=C2SCC(=O)N2CCC(C)CC2)c1. The quantitative estimate of drug-likeness (QED) is 0.679. The summed E-state index contributed by atoms with van der Waals surface area (Å²) in [6.45, 7) is 5.95. The molecule has 0 aliphatic carbocycles. The Kier molecular flexibility index (Phi) is 6.31. The minimum absolute atomic E-state index is 0.0835. The van der Waals surface area contributed by atoms with Crippen LogP contribution < -0.4 is 20.5 Å². The summed E-state index contributed by atoms with van der Waals surface area (Å²) in [6, 6.07) is 7.72. The van der Waals surface area contributed by atoms with Crippen LogP contribution in [0.4, 0.5) is 5.69 Å². The highest BCUT2D eigenvalue weighted by atomic mass is 32.2. The van der Waals surface area contributed by atoms with Crippen molar-refractivity contribution in [2.24, 2.45) is 16.8 Å². The number of likely N-dealkylation sites (tertiary alicyclic amines) is 1. The van der Waals surface area contributed by atoms with Crippen molar-refractivity contribution in [2.75, 3.05) is 30.9 Å². The number of carbonyl (C=O) groups excluding carboxylic acids is 1. The van der Waals surface area contributed by atoms with Gasteiger partial charge in [-0.1, -0.05) is 24.8 Å². The van der Waals surface area contributed by atoms with Crippen LogP contribution in [0, 0.1) is 17.2 Å². The molecule has 4 rings (SSSR count). The third kappa shape index (κ3) is 4.19. The van der Waals surface area contributed by atoms with Crippen LogP contribution in [0.3, 0.4) is 0 Å². The van der Waals surface area contributed by atoms with Crippen molar-refractivity contribution in [2.45, 2.75) is 38.9 Å². The number of thioether (sulfide) groups is 1. The fourth-order valence-corrected chi connectivity index (χ4v) is 5.13. The number of nitrogens with one attached hydrogen (secondary N) is 3. The molecule has 9 heteroatoms. The smallest absolute Gasteiger partial charge is 0.233 e. The number of hydrogen-bond acceptors (Lipinski definition) is 7. The Hall–Kier alpha value is -2.10. The first-order valence-electron chi connectivity index (χ1n) is 10.5. The number of hydrazine groups is 1. The summed E-state index contributed by atoms with van der Waals surface area (Å²) >= 11 is 1.41. The molecule has 0 saturated carbocycles. The van der Waals surface area contributed by atoms with Gasteiger partial charge < -0.3 is 9.64 Å². The number of amidine groups is 2. The summed E-state index contributed by atoms with van der Waals surface area (Å²) in [5.74, 6) is 2.25. The Morgan fingerprint density at radius 1 is 1.30 bits per heavy atom. The van der Waals surface area contributed by atoms with Crippen LogP contribution in [0.25, 0.3) is 0 Å². The Morgan fingerprint density at radius 2 is 2.07 bits per heavy atom. The van der Waals surface area contributed by atoms with Gasteiger partial charge in [0.1, 0.15) is 17.8 Å². The predicted octanol–water partition coefficient (Wildman–Crippen LogP) is 2.28. The van der Waals surface area contributed by atoms with Crippen molar-refractivity contribution in [3.8, 4) is 5.75 Å². The van der Waals surface area contributed by atoms with Crippen LogP contribution in [0.2, 0.25) is 0 Å². The van der Waals surface area contributed by atoms with Crippen molar-refractivity contribution in [3.63, 3.8) is 0 Å². The van der Waals surface area contributed by atoms with Gasteiger partial charge in [-0.15, -0.1) is 0 Å². The zero-order valence-electron chi connectivity index (χ0n) is 17.7. The van der Waals surface area contributed by atoms with E-state index in [2.05, 4.69) is 17.8 Å². The Balaban J connectivity index is 1.55. The number of rotatable bonds is 4. The molecule has 3 N–H and O–H groups in total. The molecule has 0 spiro atoms. The molecule has 0 radical (unpaired) electrons. The second-order valence-electron chi connectivity index (χ2n) is 8.23. The Morgan fingerprint density at radius 3 is 2.80 bits per heavy atom. The van der Waals surface area contributed by atoms with E-state index in [0.29, 0.717) is 22.7 Å². The number of fused-ring (bicyclic) bond motifs is 1. The van der Waals surface area contributed by atoms with E-state index in [9.17, 15) is 4.79 Å². The van der Waals surface area contributed by atoms with Gasteiger partial charge in [-0.2, -0.15) is 0 Å². The van der Waals surface area contributed by atoms with Crippen LogP contribution in [-0.2, 0) is 4.79 Å². The van der Waals surface area contributed by atoms with Gasteiger partial charge in [-0.05, 0) is 37.8 Å². The minimum Gasteiger partial charge on any atom is -0.497 e. The van der Waals surface area contributed by atoms with Crippen molar-refractivity contribution >= 4 is 34.4 Å². The number of methoxy groups -OCH3 is 1. The summed E-state index contributed by atoms with van der Waals surface area (Å²) in [6.07, 6.45) is 1.92. The third-order valence-corrected chi connectivity index (χ3v) is 7.05. The standard InChI is InChI=1S/C21H30N6O2S/c1-13-7-9-26(10-8-13)17(28)12-30-21-23-20-18(14(2)24-25-20)19(22)27(21)15-5-4-6-16(11-15)29-3/h4-6,11,13-14,18,20,22,24-25H,7-10,12H2,1-3H3. The van der Waals surface area contributed by atoms with E-state index in [1.165, 1.54) is 11.8 Å². The topological polar surface area (TPSA) is 93.0 Å². The third-order valence-electron chi connectivity index (χ3n) is 6.11. The zero-order chi connectivity index (χ0) is 21.3. The molecular formula is C21H30N6O2S. The minimum atomic E-state index is -0.206. The molecule has 1 aromatic rings. The van der Waals surface area contributed by atoms with Crippen molar-refractivity contribution in [1.82, 2.24) is 15.8 Å². The van der Waals surface area contributed by atoms with Crippen molar-refractivity contribution in [1.29, 1.82) is 5.41 Å². The van der Waals surface area contributed by atoms with Gasteiger partial charge >= 0.3 is 0 Å². The van der Waals surface area contributed by atoms with Gasteiger partial charge in [0.2, 0.25) is 5.91 Å². The molecule has 8 nitrogen and oxygen atoms in total. The molecule has 3 aliphatic heterocycles. The van der Waals surface area contributed by atoms with E-state index >= 15 is 0 Å². The second-order valence-corrected chi connectivity index (χ2v) is 9.18. The normalized spacial score (nSPS) is 27.1. The van der Waals surface area contributed by atoms with Gasteiger partial charge in [-0.25, -0.2) is 10.4 Å². The number of piperidine rings is 1. The molecule has 3 aliphatic rings. The summed E-state index contributed by atoms with van der Waals surface area (Å²) in [5.41, 5.74) is 7.20. The largest absolute Gasteiger partial charge is 0.497 e. The Labute approximate surface area is 181 Å². The first kappa shape index (κ1) is 21.1. The maximum atomic E-state index is 12.8. The molecule has 0 bridgehead atoms. The lowest BCUT2D eigenvalue weighted by molar-refractivity contribution is -0.129. The number of aliphatic imine (C=N–C) groups is 1. The number of amides is 1. The first-order chi connectivity index (χ1) is 14.5. The number of benzene rings is 1. The molecule has 2 fully saturated rings. The zero-order valence-corrected chi connectivity index (χ0v) is 18.5. The van der Waals surface area contributed by atoms with E-state index in [0.717, 1.165) is 37.4 Å². The molecule has 3 unspecified atom stereocenters. The van der Waals surface area contributed by atoms with Crippen LogP contribution in [0.15, 0.2) is 29.3 Å². The van der Waals surface area contributed by atoms with E-state index in [1.807, 2.05) is 41.0 Å². The molecular weight excluding hydrogens is 400 g/mol. The average Bonchev–Trinajstić information content (AvgIpc) is 3.13. The first-order valence-corrected chi connectivity index (χ1v) is 11.5. The number of carbonyl (C=O) groups is 1. The maximum absolute atomic E-state index is 12.8. The van der Waals surface area contributed by atoms with Crippen LogP contribution >= 0.6 is 11.8 Å². The summed E-state index contributed by atoms with van der Waals surface area (Å²) in [4.78, 5) is 21.5. The molecule has 3 atom stereocenters. The monoisotopic (exact) mass is 430 g/mol. The fraction of sp³-hybridized carbons (Fsp3) is 0.571.